The van der Waals surface area contributed by atoms with Gasteiger partial charge in [-0.3, -0.25) is 10.1 Å². The van der Waals surface area contributed by atoms with E-state index in [0.29, 0.717) is 9.13 Å². The number of nitro benzene ring substituents is 1. The number of nitriles is 1. The van der Waals surface area contributed by atoms with Gasteiger partial charge in [-0.25, -0.2) is 0 Å². The maximum Gasteiger partial charge on any atom is 0.283 e. The molecule has 0 atom stereocenters. The van der Waals surface area contributed by atoms with E-state index in [2.05, 4.69) is 0 Å². The van der Waals surface area contributed by atoms with Crippen LogP contribution in [-0.2, 0) is 0 Å². The van der Waals surface area contributed by atoms with E-state index < -0.39 is 4.92 Å². The first-order chi connectivity index (χ1) is 5.65. The summed E-state index contributed by atoms with van der Waals surface area (Å²) in [6.45, 7) is 0. The lowest BCUT2D eigenvalue weighted by molar-refractivity contribution is -0.385. The van der Waals surface area contributed by atoms with Crippen LogP contribution in [0.5, 0.6) is 0 Å². The van der Waals surface area contributed by atoms with Crippen molar-refractivity contribution in [3.05, 3.63) is 37.4 Å². The SMILES string of the molecule is N#Cc1ccc(I)c([N+](=O)[O-])c1. The molecule has 0 radical (unpaired) electrons. The number of halogens is 1. The Balaban J connectivity index is 3.28. The van der Waals surface area contributed by atoms with Gasteiger partial charge in [0, 0.05) is 6.07 Å². The van der Waals surface area contributed by atoms with Crippen molar-refractivity contribution >= 4 is 28.3 Å². The van der Waals surface area contributed by atoms with Crippen LogP contribution in [0.25, 0.3) is 0 Å². The Labute approximate surface area is 82.1 Å². The Morgan fingerprint density at radius 3 is 2.75 bits per heavy atom. The van der Waals surface area contributed by atoms with Gasteiger partial charge in [-0.1, -0.05) is 0 Å². The first-order valence-electron chi connectivity index (χ1n) is 2.99. The third kappa shape index (κ3) is 1.71. The van der Waals surface area contributed by atoms with Crippen molar-refractivity contribution in [1.29, 1.82) is 5.26 Å². The van der Waals surface area contributed by atoms with E-state index >= 15 is 0 Å². The topological polar surface area (TPSA) is 66.9 Å². The highest BCUT2D eigenvalue weighted by Gasteiger charge is 2.11. The molecule has 5 heteroatoms. The van der Waals surface area contributed by atoms with Gasteiger partial charge in [-0.2, -0.15) is 5.26 Å². The van der Waals surface area contributed by atoms with Crippen LogP contribution in [0.3, 0.4) is 0 Å². The van der Waals surface area contributed by atoms with E-state index in [1.54, 1.807) is 12.1 Å². The summed E-state index contributed by atoms with van der Waals surface area (Å²) < 4.78 is 0.539. The van der Waals surface area contributed by atoms with Crippen molar-refractivity contribution in [2.45, 2.75) is 0 Å². The van der Waals surface area contributed by atoms with Gasteiger partial charge in [-0.05, 0) is 34.7 Å². The Morgan fingerprint density at radius 2 is 2.25 bits per heavy atom. The molecule has 0 aliphatic rings. The first-order valence-corrected chi connectivity index (χ1v) is 4.07. The lowest BCUT2D eigenvalue weighted by atomic mass is 10.2. The zero-order valence-electron chi connectivity index (χ0n) is 5.82. The summed E-state index contributed by atoms with van der Waals surface area (Å²) in [6.07, 6.45) is 0. The molecular weight excluding hydrogens is 271 g/mol. The second kappa shape index (κ2) is 3.49. The van der Waals surface area contributed by atoms with Crippen LogP contribution >= 0.6 is 22.6 Å². The van der Waals surface area contributed by atoms with E-state index in [0.717, 1.165) is 0 Å². The summed E-state index contributed by atoms with van der Waals surface area (Å²) in [5.41, 5.74) is 0.289. The fourth-order valence-corrected chi connectivity index (χ4v) is 1.25. The average molecular weight is 274 g/mol. The van der Waals surface area contributed by atoms with Gasteiger partial charge in [0.25, 0.3) is 5.69 Å². The number of rotatable bonds is 1. The molecule has 1 rings (SSSR count). The molecular formula is C7H3IN2O2. The highest BCUT2D eigenvalue weighted by Crippen LogP contribution is 2.21. The molecule has 0 aromatic heterocycles. The van der Waals surface area contributed by atoms with Gasteiger partial charge in [0.05, 0.1) is 20.1 Å². The second-order valence-corrected chi connectivity index (χ2v) is 3.20. The molecule has 4 nitrogen and oxygen atoms in total. The van der Waals surface area contributed by atoms with Crippen molar-refractivity contribution in [2.75, 3.05) is 0 Å². The van der Waals surface area contributed by atoms with Gasteiger partial charge in [0.15, 0.2) is 0 Å². The second-order valence-electron chi connectivity index (χ2n) is 2.04. The summed E-state index contributed by atoms with van der Waals surface area (Å²) >= 11 is 1.86. The normalized spacial score (nSPS) is 9.00. The van der Waals surface area contributed by atoms with Crippen LogP contribution < -0.4 is 0 Å². The minimum absolute atomic E-state index is 0.0188. The van der Waals surface area contributed by atoms with Crippen LogP contribution in [0.4, 0.5) is 5.69 Å². The first kappa shape index (κ1) is 8.93. The predicted molar refractivity (Wildman–Crippen MR) is 50.5 cm³/mol. The van der Waals surface area contributed by atoms with Crippen LogP contribution in [-0.4, -0.2) is 4.92 Å². The smallest absolute Gasteiger partial charge is 0.258 e. The van der Waals surface area contributed by atoms with Gasteiger partial charge in [0.1, 0.15) is 0 Å². The fraction of sp³-hybridized carbons (Fsp3) is 0. The number of hydrogen-bond donors (Lipinski definition) is 0. The summed E-state index contributed by atoms with van der Waals surface area (Å²) in [6, 6.07) is 6.21. The van der Waals surface area contributed by atoms with Crippen LogP contribution in [0.15, 0.2) is 18.2 Å². The number of hydrogen-bond acceptors (Lipinski definition) is 3. The Kier molecular flexibility index (Phi) is 2.60. The summed E-state index contributed by atoms with van der Waals surface area (Å²) in [4.78, 5) is 9.88. The van der Waals surface area contributed by atoms with Crippen LogP contribution in [0.1, 0.15) is 5.56 Å². The third-order valence-corrected chi connectivity index (χ3v) is 2.18. The maximum atomic E-state index is 10.4. The van der Waals surface area contributed by atoms with Crippen molar-refractivity contribution in [2.24, 2.45) is 0 Å². The number of nitrogens with zero attached hydrogens (tertiary/aromatic N) is 2. The molecule has 12 heavy (non-hydrogen) atoms. The van der Waals surface area contributed by atoms with Crippen LogP contribution in [0.2, 0.25) is 0 Å². The highest BCUT2D eigenvalue weighted by molar-refractivity contribution is 14.1. The Hall–Kier alpha value is -1.16. The monoisotopic (exact) mass is 274 g/mol. The summed E-state index contributed by atoms with van der Waals surface area (Å²) in [5.74, 6) is 0. The molecule has 1 aromatic carbocycles. The zero-order chi connectivity index (χ0) is 9.14. The standard InChI is InChI=1S/C7H3IN2O2/c8-6-2-1-5(4-9)3-7(6)10(11)12/h1-3H. The molecule has 0 bridgehead atoms. The Bertz CT molecular complexity index is 370. The quantitative estimate of drug-likeness (QED) is 0.447. The van der Waals surface area contributed by atoms with Crippen LogP contribution in [0, 0.1) is 25.0 Å². The predicted octanol–water partition coefficient (Wildman–Crippen LogP) is 2.07. The van der Waals surface area contributed by atoms with Crippen molar-refractivity contribution in [1.82, 2.24) is 0 Å². The summed E-state index contributed by atoms with van der Waals surface area (Å²) in [7, 11) is 0. The molecule has 0 aliphatic carbocycles. The molecule has 0 unspecified atom stereocenters. The van der Waals surface area contributed by atoms with E-state index in [4.69, 9.17) is 5.26 Å². The van der Waals surface area contributed by atoms with Crippen molar-refractivity contribution < 1.29 is 4.92 Å². The molecule has 0 amide bonds. The van der Waals surface area contributed by atoms with Gasteiger partial charge in [-0.15, -0.1) is 0 Å². The lowest BCUT2D eigenvalue weighted by Gasteiger charge is -1.94. The third-order valence-electron chi connectivity index (χ3n) is 1.27. The zero-order valence-corrected chi connectivity index (χ0v) is 7.98. The van der Waals surface area contributed by atoms with E-state index in [1.807, 2.05) is 28.7 Å². The highest BCUT2D eigenvalue weighted by atomic mass is 127. The van der Waals surface area contributed by atoms with E-state index in [1.165, 1.54) is 6.07 Å². The Morgan fingerprint density at radius 1 is 1.58 bits per heavy atom. The lowest BCUT2D eigenvalue weighted by Crippen LogP contribution is -1.91. The molecule has 0 aliphatic heterocycles. The molecule has 0 saturated heterocycles. The molecule has 0 spiro atoms. The minimum Gasteiger partial charge on any atom is -0.258 e. The van der Waals surface area contributed by atoms with E-state index in [9.17, 15) is 10.1 Å². The molecule has 0 saturated carbocycles. The van der Waals surface area contributed by atoms with Gasteiger partial charge in [0.2, 0.25) is 0 Å². The molecule has 1 aromatic rings. The number of nitro groups is 1. The van der Waals surface area contributed by atoms with Crippen molar-refractivity contribution in [3.63, 3.8) is 0 Å². The average Bonchev–Trinajstić information content (AvgIpc) is 2.05. The molecule has 0 fully saturated rings. The minimum atomic E-state index is -0.497. The molecule has 0 N–H and O–H groups in total. The van der Waals surface area contributed by atoms with Gasteiger partial charge < -0.3 is 0 Å². The fourth-order valence-electron chi connectivity index (χ4n) is 0.722. The summed E-state index contributed by atoms with van der Waals surface area (Å²) in [5, 5.41) is 18.8. The molecule has 60 valence electrons. The largest absolute Gasteiger partial charge is 0.283 e. The molecule has 0 heterocycles. The van der Waals surface area contributed by atoms with Crippen molar-refractivity contribution in [3.8, 4) is 6.07 Å². The maximum absolute atomic E-state index is 10.4. The van der Waals surface area contributed by atoms with E-state index in [-0.39, 0.29) is 5.69 Å². The van der Waals surface area contributed by atoms with Gasteiger partial charge >= 0.3 is 0 Å². The number of benzene rings is 1.